The van der Waals surface area contributed by atoms with Gasteiger partial charge in [-0.2, -0.15) is 0 Å². The van der Waals surface area contributed by atoms with Crippen LogP contribution < -0.4 is 5.32 Å². The lowest BCUT2D eigenvalue weighted by Crippen LogP contribution is -2.14. The van der Waals surface area contributed by atoms with Gasteiger partial charge < -0.3 is 9.88 Å². The summed E-state index contributed by atoms with van der Waals surface area (Å²) in [4.78, 5) is 12.2. The Morgan fingerprint density at radius 3 is 2.32 bits per heavy atom. The van der Waals surface area contributed by atoms with Crippen molar-refractivity contribution in [3.05, 3.63) is 52.8 Å². The number of ketones is 1. The fraction of sp³-hybridized carbons (Fsp3) is 0.312. The lowest BCUT2D eigenvalue weighted by atomic mass is 10.1. The molecule has 0 aliphatic rings. The van der Waals surface area contributed by atoms with Gasteiger partial charge in [-0.05, 0) is 39.0 Å². The van der Waals surface area contributed by atoms with E-state index in [1.807, 2.05) is 62.7 Å². The molecule has 0 saturated heterocycles. The first-order chi connectivity index (χ1) is 8.99. The summed E-state index contributed by atoms with van der Waals surface area (Å²) in [5.74, 6) is 0.127. The lowest BCUT2D eigenvalue weighted by Gasteiger charge is -2.06. The largest absolute Gasteiger partial charge is 0.378 e. The SMILES string of the molecule is Cc1ccc(NCC(=O)c2cc(C)n(C)c2C)cc1. The van der Waals surface area contributed by atoms with Crippen LogP contribution in [0.4, 0.5) is 5.69 Å². The Morgan fingerprint density at radius 2 is 1.79 bits per heavy atom. The summed E-state index contributed by atoms with van der Waals surface area (Å²) in [6.45, 7) is 6.36. The molecule has 0 aliphatic heterocycles. The number of carbonyl (C=O) groups excluding carboxylic acids is 1. The van der Waals surface area contributed by atoms with Crippen molar-refractivity contribution < 1.29 is 4.79 Å². The average Bonchev–Trinajstić information content (AvgIpc) is 2.65. The summed E-state index contributed by atoms with van der Waals surface area (Å²) in [7, 11) is 1.98. The van der Waals surface area contributed by atoms with E-state index in [0.29, 0.717) is 6.54 Å². The van der Waals surface area contributed by atoms with Crippen LogP contribution in [0, 0.1) is 20.8 Å². The van der Waals surface area contributed by atoms with Gasteiger partial charge in [0.1, 0.15) is 0 Å². The number of Topliss-reactive ketones (excluding diaryl/α,β-unsaturated/α-hetero) is 1. The summed E-state index contributed by atoms with van der Waals surface area (Å²) in [6.07, 6.45) is 0. The van der Waals surface area contributed by atoms with Crippen LogP contribution in [0.2, 0.25) is 0 Å². The molecule has 100 valence electrons. The van der Waals surface area contributed by atoms with E-state index >= 15 is 0 Å². The van der Waals surface area contributed by atoms with Crippen molar-refractivity contribution in [2.24, 2.45) is 7.05 Å². The minimum Gasteiger partial charge on any atom is -0.378 e. The van der Waals surface area contributed by atoms with E-state index in [9.17, 15) is 4.79 Å². The van der Waals surface area contributed by atoms with E-state index < -0.39 is 0 Å². The number of nitrogens with one attached hydrogen (secondary N) is 1. The van der Waals surface area contributed by atoms with Gasteiger partial charge in [0.25, 0.3) is 0 Å². The molecular weight excluding hydrogens is 236 g/mol. The van der Waals surface area contributed by atoms with Gasteiger partial charge in [0.05, 0.1) is 6.54 Å². The molecule has 1 N–H and O–H groups in total. The van der Waals surface area contributed by atoms with Crippen LogP contribution in [-0.4, -0.2) is 16.9 Å². The van der Waals surface area contributed by atoms with Crippen molar-refractivity contribution in [1.29, 1.82) is 0 Å². The highest BCUT2D eigenvalue weighted by molar-refractivity contribution is 6.00. The lowest BCUT2D eigenvalue weighted by molar-refractivity contribution is 0.101. The Hall–Kier alpha value is -2.03. The predicted octanol–water partition coefficient (Wildman–Crippen LogP) is 3.25. The second-order valence-electron chi connectivity index (χ2n) is 4.99. The molecule has 1 aromatic heterocycles. The van der Waals surface area contributed by atoms with Crippen LogP contribution in [0.1, 0.15) is 27.3 Å². The van der Waals surface area contributed by atoms with Crippen molar-refractivity contribution in [3.8, 4) is 0 Å². The Kier molecular flexibility index (Phi) is 3.74. The molecular formula is C16H20N2O. The first-order valence-corrected chi connectivity index (χ1v) is 6.45. The smallest absolute Gasteiger partial charge is 0.183 e. The van der Waals surface area contributed by atoms with Gasteiger partial charge >= 0.3 is 0 Å². The molecule has 1 aromatic carbocycles. The van der Waals surface area contributed by atoms with Gasteiger partial charge in [0, 0.05) is 29.7 Å². The number of carbonyl (C=O) groups is 1. The second-order valence-corrected chi connectivity index (χ2v) is 4.99. The minimum absolute atomic E-state index is 0.127. The zero-order valence-electron chi connectivity index (χ0n) is 11.9. The second kappa shape index (κ2) is 5.31. The Balaban J connectivity index is 2.05. The number of hydrogen-bond acceptors (Lipinski definition) is 2. The van der Waals surface area contributed by atoms with Gasteiger partial charge in [0.15, 0.2) is 5.78 Å². The number of aromatic nitrogens is 1. The monoisotopic (exact) mass is 256 g/mol. The summed E-state index contributed by atoms with van der Waals surface area (Å²) in [6, 6.07) is 10.0. The van der Waals surface area contributed by atoms with E-state index in [-0.39, 0.29) is 5.78 Å². The van der Waals surface area contributed by atoms with Crippen LogP contribution in [0.25, 0.3) is 0 Å². The maximum absolute atomic E-state index is 12.2. The number of hydrogen-bond donors (Lipinski definition) is 1. The van der Waals surface area contributed by atoms with E-state index in [0.717, 1.165) is 22.6 Å². The normalized spacial score (nSPS) is 10.5. The fourth-order valence-corrected chi connectivity index (χ4v) is 2.09. The van der Waals surface area contributed by atoms with E-state index in [1.54, 1.807) is 0 Å². The first-order valence-electron chi connectivity index (χ1n) is 6.45. The molecule has 0 fully saturated rings. The van der Waals surface area contributed by atoms with Crippen molar-refractivity contribution in [3.63, 3.8) is 0 Å². The van der Waals surface area contributed by atoms with Crippen LogP contribution in [0.5, 0.6) is 0 Å². The van der Waals surface area contributed by atoms with Crippen molar-refractivity contribution in [2.45, 2.75) is 20.8 Å². The summed E-state index contributed by atoms with van der Waals surface area (Å²) < 4.78 is 2.04. The quantitative estimate of drug-likeness (QED) is 0.852. The molecule has 0 bridgehead atoms. The van der Waals surface area contributed by atoms with Crippen LogP contribution in [0.3, 0.4) is 0 Å². The number of anilines is 1. The molecule has 0 unspecified atom stereocenters. The molecule has 0 spiro atoms. The number of nitrogens with zero attached hydrogens (tertiary/aromatic N) is 1. The molecule has 0 amide bonds. The number of rotatable bonds is 4. The highest BCUT2D eigenvalue weighted by Gasteiger charge is 2.13. The van der Waals surface area contributed by atoms with Crippen LogP contribution in [-0.2, 0) is 7.05 Å². The molecule has 0 atom stereocenters. The maximum atomic E-state index is 12.2. The minimum atomic E-state index is 0.127. The van der Waals surface area contributed by atoms with Crippen molar-refractivity contribution >= 4 is 11.5 Å². The van der Waals surface area contributed by atoms with E-state index in [1.165, 1.54) is 5.56 Å². The van der Waals surface area contributed by atoms with Gasteiger partial charge in [-0.15, -0.1) is 0 Å². The third-order valence-electron chi connectivity index (χ3n) is 3.58. The molecule has 0 radical (unpaired) electrons. The summed E-state index contributed by atoms with van der Waals surface area (Å²) >= 11 is 0. The number of benzene rings is 1. The van der Waals surface area contributed by atoms with Crippen molar-refractivity contribution in [1.82, 2.24) is 4.57 Å². The summed E-state index contributed by atoms with van der Waals surface area (Å²) in [5.41, 5.74) is 5.12. The molecule has 0 aliphatic carbocycles. The van der Waals surface area contributed by atoms with Crippen LogP contribution in [0.15, 0.2) is 30.3 Å². The zero-order chi connectivity index (χ0) is 14.0. The highest BCUT2D eigenvalue weighted by Crippen LogP contribution is 2.15. The third kappa shape index (κ3) is 2.87. The molecule has 1 heterocycles. The maximum Gasteiger partial charge on any atom is 0.183 e. The first kappa shape index (κ1) is 13.4. The van der Waals surface area contributed by atoms with E-state index in [2.05, 4.69) is 5.32 Å². The standard InChI is InChI=1S/C16H20N2O/c1-11-5-7-14(8-6-11)17-10-16(19)15-9-12(2)18(4)13(15)3/h5-9,17H,10H2,1-4H3. The molecule has 19 heavy (non-hydrogen) atoms. The van der Waals surface area contributed by atoms with Gasteiger partial charge in [0.2, 0.25) is 0 Å². The van der Waals surface area contributed by atoms with Crippen LogP contribution >= 0.6 is 0 Å². The zero-order valence-corrected chi connectivity index (χ0v) is 11.9. The van der Waals surface area contributed by atoms with Gasteiger partial charge in [-0.3, -0.25) is 4.79 Å². The van der Waals surface area contributed by atoms with Gasteiger partial charge in [-0.25, -0.2) is 0 Å². The van der Waals surface area contributed by atoms with Crippen molar-refractivity contribution in [2.75, 3.05) is 11.9 Å². The Morgan fingerprint density at radius 1 is 1.16 bits per heavy atom. The third-order valence-corrected chi connectivity index (χ3v) is 3.58. The number of aryl methyl sites for hydroxylation is 2. The Bertz CT molecular complexity index is 594. The highest BCUT2D eigenvalue weighted by atomic mass is 16.1. The average molecular weight is 256 g/mol. The van der Waals surface area contributed by atoms with E-state index in [4.69, 9.17) is 0 Å². The molecule has 3 heteroatoms. The fourth-order valence-electron chi connectivity index (χ4n) is 2.09. The predicted molar refractivity (Wildman–Crippen MR) is 78.9 cm³/mol. The molecule has 2 aromatic rings. The molecule has 0 saturated carbocycles. The molecule has 2 rings (SSSR count). The molecule has 3 nitrogen and oxygen atoms in total. The Labute approximate surface area is 114 Å². The topological polar surface area (TPSA) is 34.0 Å². The van der Waals surface area contributed by atoms with Gasteiger partial charge in [-0.1, -0.05) is 17.7 Å². The summed E-state index contributed by atoms with van der Waals surface area (Å²) in [5, 5.41) is 3.17.